The molecule has 1 saturated heterocycles. The van der Waals surface area contributed by atoms with Gasteiger partial charge in [-0.2, -0.15) is 0 Å². The van der Waals surface area contributed by atoms with Crippen LogP contribution >= 0.6 is 11.6 Å². The molecule has 1 heterocycles. The number of carbonyl (C=O) groups excluding carboxylic acids is 1. The van der Waals surface area contributed by atoms with Crippen LogP contribution in [0.25, 0.3) is 0 Å². The van der Waals surface area contributed by atoms with Gasteiger partial charge in [-0.3, -0.25) is 4.79 Å². The zero-order chi connectivity index (χ0) is 12.1. The van der Waals surface area contributed by atoms with Crippen LogP contribution in [0.1, 0.15) is 51.4 Å². The average Bonchev–Trinajstić information content (AvgIpc) is 2.67. The van der Waals surface area contributed by atoms with Gasteiger partial charge in [0, 0.05) is 24.9 Å². The van der Waals surface area contributed by atoms with Crippen molar-refractivity contribution < 1.29 is 4.79 Å². The zero-order valence-electron chi connectivity index (χ0n) is 10.7. The quantitative estimate of drug-likeness (QED) is 0.548. The van der Waals surface area contributed by atoms with E-state index in [1.54, 1.807) is 0 Å². The molecule has 0 bridgehead atoms. The Kier molecular flexibility index (Phi) is 5.15. The lowest BCUT2D eigenvalue weighted by molar-refractivity contribution is -0.137. The largest absolute Gasteiger partial charge is 0.342 e. The number of nitrogens with zero attached hydrogens (tertiary/aromatic N) is 1. The summed E-state index contributed by atoms with van der Waals surface area (Å²) in [7, 11) is 0. The second kappa shape index (κ2) is 6.63. The van der Waals surface area contributed by atoms with E-state index < -0.39 is 0 Å². The van der Waals surface area contributed by atoms with Crippen LogP contribution in [0, 0.1) is 11.8 Å². The minimum atomic E-state index is 0.324. The predicted octanol–water partition coefficient (Wildman–Crippen LogP) is 3.43. The van der Waals surface area contributed by atoms with Crippen molar-refractivity contribution in [1.29, 1.82) is 0 Å². The van der Waals surface area contributed by atoms with E-state index in [0.717, 1.165) is 44.7 Å². The number of hydrogen-bond acceptors (Lipinski definition) is 1. The van der Waals surface area contributed by atoms with Gasteiger partial charge in [0.1, 0.15) is 0 Å². The third-order valence-corrected chi connectivity index (χ3v) is 4.79. The topological polar surface area (TPSA) is 20.3 Å². The Hall–Kier alpha value is -0.240. The molecule has 2 fully saturated rings. The summed E-state index contributed by atoms with van der Waals surface area (Å²) in [6.07, 6.45) is 9.56. The highest BCUT2D eigenvalue weighted by Gasteiger charge is 2.28. The third kappa shape index (κ3) is 3.61. The van der Waals surface area contributed by atoms with E-state index in [-0.39, 0.29) is 0 Å². The number of hydrogen-bond donors (Lipinski definition) is 0. The highest BCUT2D eigenvalue weighted by Crippen LogP contribution is 2.27. The Morgan fingerprint density at radius 2 is 1.59 bits per heavy atom. The van der Waals surface area contributed by atoms with E-state index in [1.807, 2.05) is 0 Å². The normalized spacial score (nSPS) is 24.6. The molecule has 0 atom stereocenters. The fraction of sp³-hybridized carbons (Fsp3) is 0.929. The molecule has 0 aromatic rings. The van der Waals surface area contributed by atoms with E-state index >= 15 is 0 Å². The summed E-state index contributed by atoms with van der Waals surface area (Å²) in [6.45, 7) is 1.87. The van der Waals surface area contributed by atoms with Gasteiger partial charge in [-0.15, -0.1) is 11.6 Å². The van der Waals surface area contributed by atoms with Gasteiger partial charge < -0.3 is 4.90 Å². The van der Waals surface area contributed by atoms with Crippen LogP contribution in [0.4, 0.5) is 0 Å². The van der Waals surface area contributed by atoms with Crippen LogP contribution in [-0.4, -0.2) is 29.8 Å². The second-order valence-electron chi connectivity index (χ2n) is 5.61. The number of amides is 1. The lowest BCUT2D eigenvalue weighted by Gasteiger charge is -2.33. The lowest BCUT2D eigenvalue weighted by atomic mass is 9.94. The first kappa shape index (κ1) is 13.2. The summed E-state index contributed by atoms with van der Waals surface area (Å²) in [5.41, 5.74) is 0. The standard InChI is InChI=1S/C14H24ClNO/c15-11-12-7-9-16(10-8-12)14(17)13-5-3-1-2-4-6-13/h12-13H,1-11H2. The molecule has 0 aromatic heterocycles. The molecular weight excluding hydrogens is 234 g/mol. The molecule has 0 N–H and O–H groups in total. The van der Waals surface area contributed by atoms with Gasteiger partial charge in [-0.25, -0.2) is 0 Å². The van der Waals surface area contributed by atoms with Gasteiger partial charge in [-0.05, 0) is 31.6 Å². The molecule has 17 heavy (non-hydrogen) atoms. The zero-order valence-corrected chi connectivity index (χ0v) is 11.4. The number of piperidine rings is 1. The van der Waals surface area contributed by atoms with Crippen LogP contribution in [0.15, 0.2) is 0 Å². The predicted molar refractivity (Wildman–Crippen MR) is 71.2 cm³/mol. The first-order valence-corrected chi connectivity index (χ1v) is 7.69. The second-order valence-corrected chi connectivity index (χ2v) is 5.92. The van der Waals surface area contributed by atoms with Gasteiger partial charge in [-0.1, -0.05) is 25.7 Å². The smallest absolute Gasteiger partial charge is 0.225 e. The highest BCUT2D eigenvalue weighted by atomic mass is 35.5. The van der Waals surface area contributed by atoms with Gasteiger partial charge >= 0.3 is 0 Å². The van der Waals surface area contributed by atoms with Crippen molar-refractivity contribution in [3.05, 3.63) is 0 Å². The van der Waals surface area contributed by atoms with Gasteiger partial charge in [0.25, 0.3) is 0 Å². The monoisotopic (exact) mass is 257 g/mol. The van der Waals surface area contributed by atoms with Crippen LogP contribution in [0.5, 0.6) is 0 Å². The maximum atomic E-state index is 12.4. The first-order chi connectivity index (χ1) is 8.31. The van der Waals surface area contributed by atoms with Crippen molar-refractivity contribution in [2.45, 2.75) is 51.4 Å². The average molecular weight is 258 g/mol. The maximum Gasteiger partial charge on any atom is 0.225 e. The van der Waals surface area contributed by atoms with Crippen molar-refractivity contribution >= 4 is 17.5 Å². The molecule has 2 rings (SSSR count). The van der Waals surface area contributed by atoms with Crippen molar-refractivity contribution in [3.8, 4) is 0 Å². The van der Waals surface area contributed by atoms with Crippen molar-refractivity contribution in [2.24, 2.45) is 11.8 Å². The SMILES string of the molecule is O=C(C1CCCCCC1)N1CCC(CCl)CC1. The van der Waals surface area contributed by atoms with Crippen LogP contribution in [0.2, 0.25) is 0 Å². The van der Waals surface area contributed by atoms with Gasteiger partial charge in [0.15, 0.2) is 0 Å². The van der Waals surface area contributed by atoms with Crippen LogP contribution < -0.4 is 0 Å². The molecule has 2 aliphatic rings. The molecule has 98 valence electrons. The summed E-state index contributed by atoms with van der Waals surface area (Å²) < 4.78 is 0. The number of halogens is 1. The van der Waals surface area contributed by atoms with Crippen LogP contribution in [-0.2, 0) is 4.79 Å². The van der Waals surface area contributed by atoms with Crippen molar-refractivity contribution in [2.75, 3.05) is 19.0 Å². The maximum absolute atomic E-state index is 12.4. The molecule has 1 saturated carbocycles. The van der Waals surface area contributed by atoms with Crippen molar-refractivity contribution in [3.63, 3.8) is 0 Å². The fourth-order valence-electron chi connectivity index (χ4n) is 3.09. The summed E-state index contributed by atoms with van der Waals surface area (Å²) in [6, 6.07) is 0. The van der Waals surface area contributed by atoms with E-state index in [4.69, 9.17) is 11.6 Å². The molecular formula is C14H24ClNO. The Balaban J connectivity index is 1.82. The molecule has 1 amide bonds. The molecule has 0 radical (unpaired) electrons. The Labute approximate surface area is 110 Å². The van der Waals surface area contributed by atoms with E-state index in [1.165, 1.54) is 25.7 Å². The van der Waals surface area contributed by atoms with E-state index in [9.17, 15) is 4.79 Å². The van der Waals surface area contributed by atoms with E-state index in [0.29, 0.717) is 17.7 Å². The number of alkyl halides is 1. The third-order valence-electron chi connectivity index (χ3n) is 4.35. The fourth-order valence-corrected chi connectivity index (χ4v) is 3.40. The molecule has 0 spiro atoms. The molecule has 1 aliphatic heterocycles. The van der Waals surface area contributed by atoms with Gasteiger partial charge in [0.2, 0.25) is 5.91 Å². The van der Waals surface area contributed by atoms with Crippen molar-refractivity contribution in [1.82, 2.24) is 4.90 Å². The molecule has 1 aliphatic carbocycles. The lowest BCUT2D eigenvalue weighted by Crippen LogP contribution is -2.42. The van der Waals surface area contributed by atoms with Crippen LogP contribution in [0.3, 0.4) is 0 Å². The summed E-state index contributed by atoms with van der Waals surface area (Å²) in [5.74, 6) is 2.14. The molecule has 2 nitrogen and oxygen atoms in total. The number of likely N-dealkylation sites (tertiary alicyclic amines) is 1. The summed E-state index contributed by atoms with van der Waals surface area (Å²) >= 11 is 5.87. The molecule has 0 unspecified atom stereocenters. The Bertz CT molecular complexity index is 241. The number of carbonyl (C=O) groups is 1. The summed E-state index contributed by atoms with van der Waals surface area (Å²) in [4.78, 5) is 14.5. The highest BCUT2D eigenvalue weighted by molar-refractivity contribution is 6.18. The minimum absolute atomic E-state index is 0.324. The van der Waals surface area contributed by atoms with Gasteiger partial charge in [0.05, 0.1) is 0 Å². The minimum Gasteiger partial charge on any atom is -0.342 e. The van der Waals surface area contributed by atoms with E-state index in [2.05, 4.69) is 4.90 Å². The summed E-state index contributed by atoms with van der Waals surface area (Å²) in [5, 5.41) is 0. The number of rotatable bonds is 2. The molecule has 0 aromatic carbocycles. The molecule has 3 heteroatoms. The first-order valence-electron chi connectivity index (χ1n) is 7.16. The Morgan fingerprint density at radius 3 is 2.12 bits per heavy atom. The Morgan fingerprint density at radius 1 is 1.00 bits per heavy atom.